The quantitative estimate of drug-likeness (QED) is 0.411. The molecule has 0 N–H and O–H groups in total. The second-order valence-corrected chi connectivity index (χ2v) is 2.64. The third-order valence-corrected chi connectivity index (χ3v) is 1.38. The molecule has 4 heteroatoms. The van der Waals surface area contributed by atoms with E-state index >= 15 is 0 Å². The Morgan fingerprint density at radius 2 is 1.58 bits per heavy atom. The van der Waals surface area contributed by atoms with Crippen LogP contribution in [0.5, 0.6) is 0 Å². The molecule has 0 aliphatic heterocycles. The van der Waals surface area contributed by atoms with Crippen molar-refractivity contribution < 1.29 is 14.2 Å². The van der Waals surface area contributed by atoms with Crippen molar-refractivity contribution in [1.82, 2.24) is 0 Å². The molecule has 0 unspecified atom stereocenters. The summed E-state index contributed by atoms with van der Waals surface area (Å²) in [5.74, 6) is 0.560. The molecule has 0 amide bonds. The predicted octanol–water partition coefficient (Wildman–Crippen LogP) is 1.29. The van der Waals surface area contributed by atoms with Crippen LogP contribution in [0.3, 0.4) is 0 Å². The lowest BCUT2D eigenvalue weighted by Crippen LogP contribution is -2.06. The van der Waals surface area contributed by atoms with Crippen molar-refractivity contribution in [1.29, 1.82) is 0 Å². The van der Waals surface area contributed by atoms with Crippen LogP contribution in [0.4, 0.5) is 0 Å². The fourth-order valence-corrected chi connectivity index (χ4v) is 0.773. The van der Waals surface area contributed by atoms with E-state index in [1.165, 1.54) is 0 Å². The Kier molecular flexibility index (Phi) is 11.3. The van der Waals surface area contributed by atoms with Crippen molar-refractivity contribution in [2.75, 3.05) is 46.0 Å². The van der Waals surface area contributed by atoms with Crippen molar-refractivity contribution in [2.45, 2.75) is 6.42 Å². The predicted molar refractivity (Wildman–Crippen MR) is 48.9 cm³/mol. The SMILES string of the molecule is COCCOCCCOCCCl. The minimum Gasteiger partial charge on any atom is -0.382 e. The summed E-state index contributed by atoms with van der Waals surface area (Å²) < 4.78 is 15.2. The largest absolute Gasteiger partial charge is 0.382 e. The van der Waals surface area contributed by atoms with E-state index < -0.39 is 0 Å². The normalized spacial score (nSPS) is 10.5. The van der Waals surface area contributed by atoms with E-state index in [1.807, 2.05) is 0 Å². The third-order valence-electron chi connectivity index (χ3n) is 1.23. The molecule has 0 aromatic carbocycles. The molecule has 12 heavy (non-hydrogen) atoms. The van der Waals surface area contributed by atoms with Gasteiger partial charge in [0.15, 0.2) is 0 Å². The number of alkyl halides is 1. The first kappa shape index (κ1) is 12.2. The first-order valence-corrected chi connectivity index (χ1v) is 4.65. The van der Waals surface area contributed by atoms with E-state index in [2.05, 4.69) is 0 Å². The van der Waals surface area contributed by atoms with E-state index in [0.29, 0.717) is 25.7 Å². The Morgan fingerprint density at radius 1 is 0.917 bits per heavy atom. The number of methoxy groups -OCH3 is 1. The zero-order valence-corrected chi connectivity index (χ0v) is 8.31. The molecule has 0 spiro atoms. The Morgan fingerprint density at radius 3 is 2.17 bits per heavy atom. The molecule has 74 valence electrons. The molecule has 0 bridgehead atoms. The van der Waals surface area contributed by atoms with Gasteiger partial charge in [0.05, 0.1) is 19.8 Å². The highest BCUT2D eigenvalue weighted by Gasteiger charge is 1.89. The van der Waals surface area contributed by atoms with E-state index in [-0.39, 0.29) is 0 Å². The molecule has 0 radical (unpaired) electrons. The van der Waals surface area contributed by atoms with Crippen molar-refractivity contribution >= 4 is 11.6 Å². The van der Waals surface area contributed by atoms with Crippen LogP contribution in [-0.4, -0.2) is 46.0 Å². The van der Waals surface area contributed by atoms with Crippen LogP contribution in [0, 0.1) is 0 Å². The maximum atomic E-state index is 5.41. The van der Waals surface area contributed by atoms with Crippen LogP contribution < -0.4 is 0 Å². The Labute approximate surface area is 78.9 Å². The van der Waals surface area contributed by atoms with Gasteiger partial charge in [-0.05, 0) is 6.42 Å². The summed E-state index contributed by atoms with van der Waals surface area (Å²) in [5, 5.41) is 0. The van der Waals surface area contributed by atoms with Gasteiger partial charge in [0, 0.05) is 26.2 Å². The molecule has 0 saturated carbocycles. The van der Waals surface area contributed by atoms with E-state index in [0.717, 1.165) is 19.6 Å². The number of rotatable bonds is 9. The average molecular weight is 197 g/mol. The van der Waals surface area contributed by atoms with Gasteiger partial charge in [-0.25, -0.2) is 0 Å². The Hall–Kier alpha value is 0.170. The van der Waals surface area contributed by atoms with Crippen LogP contribution in [0.15, 0.2) is 0 Å². The van der Waals surface area contributed by atoms with Crippen LogP contribution in [0.2, 0.25) is 0 Å². The van der Waals surface area contributed by atoms with Crippen molar-refractivity contribution in [3.63, 3.8) is 0 Å². The van der Waals surface area contributed by atoms with E-state index in [4.69, 9.17) is 25.8 Å². The first-order chi connectivity index (χ1) is 5.91. The molecule has 0 atom stereocenters. The fraction of sp³-hybridized carbons (Fsp3) is 1.00. The summed E-state index contributed by atoms with van der Waals surface area (Å²) in [5.41, 5.74) is 0. The first-order valence-electron chi connectivity index (χ1n) is 4.12. The molecular weight excluding hydrogens is 180 g/mol. The molecule has 0 rings (SSSR count). The molecule has 0 aliphatic rings. The average Bonchev–Trinajstić information content (AvgIpc) is 2.10. The standard InChI is InChI=1S/C8H17ClO3/c1-10-7-8-12-5-2-4-11-6-3-9/h2-8H2,1H3. The summed E-state index contributed by atoms with van der Waals surface area (Å²) in [6, 6.07) is 0. The van der Waals surface area contributed by atoms with Gasteiger partial charge in [0.2, 0.25) is 0 Å². The highest BCUT2D eigenvalue weighted by atomic mass is 35.5. The lowest BCUT2D eigenvalue weighted by Gasteiger charge is -2.03. The Bertz CT molecular complexity index is 70.7. The molecule has 0 fully saturated rings. The second kappa shape index (κ2) is 11.2. The molecular formula is C8H17ClO3. The van der Waals surface area contributed by atoms with Gasteiger partial charge in [-0.1, -0.05) is 0 Å². The van der Waals surface area contributed by atoms with Crippen LogP contribution in [-0.2, 0) is 14.2 Å². The van der Waals surface area contributed by atoms with Crippen LogP contribution in [0.1, 0.15) is 6.42 Å². The van der Waals surface area contributed by atoms with E-state index in [9.17, 15) is 0 Å². The molecule has 0 saturated heterocycles. The number of hydrogen-bond acceptors (Lipinski definition) is 3. The summed E-state index contributed by atoms with van der Waals surface area (Å²) >= 11 is 5.41. The lowest BCUT2D eigenvalue weighted by atomic mass is 10.5. The second-order valence-electron chi connectivity index (χ2n) is 2.26. The van der Waals surface area contributed by atoms with E-state index in [1.54, 1.807) is 7.11 Å². The highest BCUT2D eigenvalue weighted by molar-refractivity contribution is 6.17. The van der Waals surface area contributed by atoms with Gasteiger partial charge in [-0.3, -0.25) is 0 Å². The van der Waals surface area contributed by atoms with Crippen LogP contribution >= 0.6 is 11.6 Å². The monoisotopic (exact) mass is 196 g/mol. The summed E-state index contributed by atoms with van der Waals surface area (Å²) in [6.45, 7) is 3.39. The number of ether oxygens (including phenoxy) is 3. The summed E-state index contributed by atoms with van der Waals surface area (Å²) in [4.78, 5) is 0. The molecule has 0 aliphatic carbocycles. The van der Waals surface area contributed by atoms with Crippen LogP contribution in [0.25, 0.3) is 0 Å². The van der Waals surface area contributed by atoms with Gasteiger partial charge in [-0.15, -0.1) is 11.6 Å². The molecule has 3 nitrogen and oxygen atoms in total. The van der Waals surface area contributed by atoms with Gasteiger partial charge < -0.3 is 14.2 Å². The molecule has 0 aromatic rings. The molecule has 0 aromatic heterocycles. The van der Waals surface area contributed by atoms with Gasteiger partial charge in [0.1, 0.15) is 0 Å². The zero-order chi connectivity index (χ0) is 9.07. The summed E-state index contributed by atoms with van der Waals surface area (Å²) in [6.07, 6.45) is 0.917. The maximum absolute atomic E-state index is 5.41. The smallest absolute Gasteiger partial charge is 0.0700 e. The number of hydrogen-bond donors (Lipinski definition) is 0. The fourth-order valence-electron chi connectivity index (χ4n) is 0.664. The zero-order valence-electron chi connectivity index (χ0n) is 7.55. The lowest BCUT2D eigenvalue weighted by molar-refractivity contribution is 0.0536. The third kappa shape index (κ3) is 10.2. The minimum absolute atomic E-state index is 0.560. The van der Waals surface area contributed by atoms with Gasteiger partial charge in [-0.2, -0.15) is 0 Å². The molecule has 0 heterocycles. The minimum atomic E-state index is 0.560. The summed E-state index contributed by atoms with van der Waals surface area (Å²) in [7, 11) is 1.66. The van der Waals surface area contributed by atoms with Crippen molar-refractivity contribution in [2.24, 2.45) is 0 Å². The topological polar surface area (TPSA) is 27.7 Å². The highest BCUT2D eigenvalue weighted by Crippen LogP contribution is 1.86. The van der Waals surface area contributed by atoms with Crippen molar-refractivity contribution in [3.05, 3.63) is 0 Å². The van der Waals surface area contributed by atoms with Gasteiger partial charge in [0.25, 0.3) is 0 Å². The van der Waals surface area contributed by atoms with Gasteiger partial charge >= 0.3 is 0 Å². The Balaban J connectivity index is 2.73. The maximum Gasteiger partial charge on any atom is 0.0700 e. The van der Waals surface area contributed by atoms with Crippen molar-refractivity contribution in [3.8, 4) is 0 Å². The number of halogens is 1.